The zero-order valence-corrected chi connectivity index (χ0v) is 15.7. The van der Waals surface area contributed by atoms with E-state index >= 15 is 0 Å². The van der Waals surface area contributed by atoms with Gasteiger partial charge in [0.25, 0.3) is 0 Å². The summed E-state index contributed by atoms with van der Waals surface area (Å²) in [4.78, 5) is 22.4. The van der Waals surface area contributed by atoms with Crippen LogP contribution >= 0.6 is 0 Å². The van der Waals surface area contributed by atoms with E-state index in [9.17, 15) is 9.59 Å². The number of rotatable bonds is 10. The van der Waals surface area contributed by atoms with Gasteiger partial charge in [-0.3, -0.25) is 9.59 Å². The van der Waals surface area contributed by atoms with Crippen molar-refractivity contribution < 1.29 is 28.9 Å². The topological polar surface area (TPSA) is 82.1 Å². The highest BCUT2D eigenvalue weighted by Gasteiger charge is 2.32. The van der Waals surface area contributed by atoms with E-state index in [4.69, 9.17) is 19.3 Å². The van der Waals surface area contributed by atoms with Crippen molar-refractivity contribution in [2.24, 2.45) is 5.92 Å². The summed E-state index contributed by atoms with van der Waals surface area (Å²) in [5, 5.41) is 9.04. The first-order valence-corrected chi connectivity index (χ1v) is 9.03. The molecule has 1 fully saturated rings. The number of ketones is 1. The first kappa shape index (κ1) is 20.4. The van der Waals surface area contributed by atoms with Crippen molar-refractivity contribution in [3.8, 4) is 5.75 Å². The van der Waals surface area contributed by atoms with Crippen LogP contribution in [0.1, 0.15) is 45.6 Å². The van der Waals surface area contributed by atoms with E-state index in [2.05, 4.69) is 0 Å². The van der Waals surface area contributed by atoms with E-state index in [1.54, 1.807) is 0 Å². The predicted octanol–water partition coefficient (Wildman–Crippen LogP) is 3.22. The highest BCUT2D eigenvalue weighted by molar-refractivity contribution is 5.96. The number of hydrogen-bond donors (Lipinski definition) is 1. The van der Waals surface area contributed by atoms with Crippen LogP contribution in [0.3, 0.4) is 0 Å². The zero-order chi connectivity index (χ0) is 19.2. The highest BCUT2D eigenvalue weighted by atomic mass is 16.7. The Morgan fingerprint density at radius 3 is 2.54 bits per heavy atom. The molecule has 1 saturated heterocycles. The molecule has 2 atom stereocenters. The van der Waals surface area contributed by atoms with Crippen LogP contribution in [0, 0.1) is 5.92 Å². The van der Waals surface area contributed by atoms with E-state index in [1.807, 2.05) is 38.1 Å². The molecule has 1 N–H and O–H groups in total. The minimum absolute atomic E-state index is 0.124. The molecule has 2 unspecified atom stereocenters. The average molecular weight is 364 g/mol. The molecule has 1 aromatic carbocycles. The SMILES string of the molecule is CC(=O)C(CCc1ccc(OCCCC2COC(C)(C)O2)cc1)C(=O)O. The second kappa shape index (κ2) is 9.14. The van der Waals surface area contributed by atoms with Gasteiger partial charge in [0.05, 0.1) is 19.3 Å². The van der Waals surface area contributed by atoms with Crippen molar-refractivity contribution in [2.75, 3.05) is 13.2 Å². The van der Waals surface area contributed by atoms with E-state index in [0.29, 0.717) is 26.1 Å². The van der Waals surface area contributed by atoms with Crippen LogP contribution in [-0.2, 0) is 25.5 Å². The lowest BCUT2D eigenvalue weighted by atomic mass is 9.96. The minimum Gasteiger partial charge on any atom is -0.494 e. The summed E-state index contributed by atoms with van der Waals surface area (Å²) < 4.78 is 17.0. The van der Waals surface area contributed by atoms with Crippen LogP contribution in [0.2, 0.25) is 0 Å². The van der Waals surface area contributed by atoms with Crippen LogP contribution in [0.25, 0.3) is 0 Å². The van der Waals surface area contributed by atoms with Gasteiger partial charge in [0, 0.05) is 0 Å². The molecule has 0 aromatic heterocycles. The highest BCUT2D eigenvalue weighted by Crippen LogP contribution is 2.25. The molecule has 2 rings (SSSR count). The summed E-state index contributed by atoms with van der Waals surface area (Å²) in [6.07, 6.45) is 2.75. The molecule has 1 aliphatic heterocycles. The van der Waals surface area contributed by atoms with Gasteiger partial charge < -0.3 is 19.3 Å². The predicted molar refractivity (Wildman–Crippen MR) is 96.2 cm³/mol. The number of benzene rings is 1. The van der Waals surface area contributed by atoms with E-state index in [1.165, 1.54) is 6.92 Å². The molecular formula is C20H28O6. The molecule has 0 amide bonds. The van der Waals surface area contributed by atoms with Gasteiger partial charge in [-0.15, -0.1) is 0 Å². The fraction of sp³-hybridized carbons (Fsp3) is 0.600. The van der Waals surface area contributed by atoms with E-state index in [-0.39, 0.29) is 11.9 Å². The van der Waals surface area contributed by atoms with Crippen LogP contribution in [0.5, 0.6) is 5.75 Å². The lowest BCUT2D eigenvalue weighted by Crippen LogP contribution is -2.22. The zero-order valence-electron chi connectivity index (χ0n) is 15.7. The molecule has 6 heteroatoms. The molecular weight excluding hydrogens is 336 g/mol. The van der Waals surface area contributed by atoms with Crippen molar-refractivity contribution in [1.29, 1.82) is 0 Å². The average Bonchev–Trinajstić information content (AvgIpc) is 2.91. The summed E-state index contributed by atoms with van der Waals surface area (Å²) in [6.45, 7) is 6.38. The maximum atomic E-state index is 11.3. The van der Waals surface area contributed by atoms with E-state index < -0.39 is 17.7 Å². The number of carbonyl (C=O) groups excluding carboxylic acids is 1. The van der Waals surface area contributed by atoms with Crippen molar-refractivity contribution in [1.82, 2.24) is 0 Å². The van der Waals surface area contributed by atoms with Crippen LogP contribution in [0.15, 0.2) is 24.3 Å². The summed E-state index contributed by atoms with van der Waals surface area (Å²) in [5.74, 6) is -2.00. The molecule has 1 aliphatic rings. The van der Waals surface area contributed by atoms with Gasteiger partial charge in [0.2, 0.25) is 0 Å². The number of hydrogen-bond acceptors (Lipinski definition) is 5. The number of ether oxygens (including phenoxy) is 3. The van der Waals surface area contributed by atoms with Crippen LogP contribution < -0.4 is 4.74 Å². The molecule has 0 saturated carbocycles. The van der Waals surface area contributed by atoms with Gasteiger partial charge in [0.1, 0.15) is 17.5 Å². The number of aliphatic carboxylic acids is 1. The Morgan fingerprint density at radius 2 is 2.00 bits per heavy atom. The Labute approximate surface area is 154 Å². The first-order valence-electron chi connectivity index (χ1n) is 9.03. The quantitative estimate of drug-likeness (QED) is 0.507. The molecule has 0 spiro atoms. The summed E-state index contributed by atoms with van der Waals surface area (Å²) in [6, 6.07) is 7.56. The number of carboxylic acid groups (broad SMARTS) is 1. The molecule has 0 radical (unpaired) electrons. The van der Waals surface area contributed by atoms with Crippen molar-refractivity contribution in [3.05, 3.63) is 29.8 Å². The number of carboxylic acids is 1. The Bertz CT molecular complexity index is 593. The number of Topliss-reactive ketones (excluding diaryl/α,β-unsaturated/α-hetero) is 1. The van der Waals surface area contributed by atoms with Crippen molar-refractivity contribution >= 4 is 11.8 Å². The van der Waals surface area contributed by atoms with Gasteiger partial charge in [-0.2, -0.15) is 0 Å². The molecule has 0 aliphatic carbocycles. The Hall–Kier alpha value is -1.92. The largest absolute Gasteiger partial charge is 0.494 e. The van der Waals surface area contributed by atoms with Gasteiger partial charge in [-0.1, -0.05) is 12.1 Å². The Kier molecular flexibility index (Phi) is 7.17. The Balaban J connectivity index is 1.69. The van der Waals surface area contributed by atoms with Gasteiger partial charge in [-0.25, -0.2) is 0 Å². The summed E-state index contributed by atoms with van der Waals surface area (Å²) >= 11 is 0. The lowest BCUT2D eigenvalue weighted by Gasteiger charge is -2.17. The fourth-order valence-corrected chi connectivity index (χ4v) is 2.97. The van der Waals surface area contributed by atoms with Crippen molar-refractivity contribution in [3.63, 3.8) is 0 Å². The molecule has 1 heterocycles. The maximum absolute atomic E-state index is 11.3. The monoisotopic (exact) mass is 364 g/mol. The third kappa shape index (κ3) is 6.42. The summed E-state index contributed by atoms with van der Waals surface area (Å²) in [5.41, 5.74) is 0.989. The summed E-state index contributed by atoms with van der Waals surface area (Å²) in [7, 11) is 0. The van der Waals surface area contributed by atoms with Crippen LogP contribution in [-0.4, -0.2) is 42.0 Å². The van der Waals surface area contributed by atoms with E-state index in [0.717, 1.165) is 24.2 Å². The second-order valence-electron chi connectivity index (χ2n) is 7.13. The third-order valence-electron chi connectivity index (χ3n) is 4.44. The number of aryl methyl sites for hydroxylation is 1. The molecule has 26 heavy (non-hydrogen) atoms. The maximum Gasteiger partial charge on any atom is 0.314 e. The molecule has 0 bridgehead atoms. The number of carbonyl (C=O) groups is 2. The molecule has 144 valence electrons. The minimum atomic E-state index is -1.06. The second-order valence-corrected chi connectivity index (χ2v) is 7.13. The standard InChI is InChI=1S/C20H28O6/c1-14(21)18(19(22)23)11-8-15-6-9-16(10-7-15)24-12-4-5-17-13-25-20(2,3)26-17/h6-7,9-10,17-18H,4-5,8,11-13H2,1-3H3,(H,22,23). The fourth-order valence-electron chi connectivity index (χ4n) is 2.97. The lowest BCUT2D eigenvalue weighted by molar-refractivity contribution is -0.146. The first-order chi connectivity index (χ1) is 12.3. The molecule has 1 aromatic rings. The normalized spacial score (nSPS) is 19.9. The Morgan fingerprint density at radius 1 is 1.31 bits per heavy atom. The van der Waals surface area contributed by atoms with Crippen molar-refractivity contribution in [2.45, 2.75) is 58.3 Å². The third-order valence-corrected chi connectivity index (χ3v) is 4.44. The van der Waals surface area contributed by atoms with Gasteiger partial charge in [-0.05, 0) is 64.2 Å². The smallest absolute Gasteiger partial charge is 0.314 e. The van der Waals surface area contributed by atoms with Gasteiger partial charge >= 0.3 is 5.97 Å². The van der Waals surface area contributed by atoms with Gasteiger partial charge in [0.15, 0.2) is 5.79 Å². The molecule has 6 nitrogen and oxygen atoms in total. The van der Waals surface area contributed by atoms with Crippen LogP contribution in [0.4, 0.5) is 0 Å².